The number of carbonyl (C=O) groups excluding carboxylic acids is 1. The summed E-state index contributed by atoms with van der Waals surface area (Å²) in [6, 6.07) is 16.7. The zero-order valence-corrected chi connectivity index (χ0v) is 17.3. The van der Waals surface area contributed by atoms with Crippen LogP contribution in [-0.2, 0) is 17.9 Å². The van der Waals surface area contributed by atoms with Gasteiger partial charge in [0.15, 0.2) is 17.2 Å². The molecule has 2 aromatic carbocycles. The largest absolute Gasteiger partial charge is 0.493 e. The molecule has 0 aliphatic carbocycles. The van der Waals surface area contributed by atoms with Crippen LogP contribution in [0.5, 0.6) is 11.5 Å². The van der Waals surface area contributed by atoms with Crippen molar-refractivity contribution in [2.45, 2.75) is 19.3 Å². The summed E-state index contributed by atoms with van der Waals surface area (Å²) < 4.78 is 18.7. The monoisotopic (exact) mass is 427 g/mol. The Bertz CT molecular complexity index is 1020. The first-order valence-electron chi connectivity index (χ1n) is 9.62. The fourth-order valence-electron chi connectivity index (χ4n) is 3.27. The molecule has 3 aromatic rings. The Kier molecular flexibility index (Phi) is 6.21. The summed E-state index contributed by atoms with van der Waals surface area (Å²) in [7, 11) is 1.59. The molecule has 0 fully saturated rings. The zero-order valence-electron chi connectivity index (χ0n) is 16.5. The number of carbonyl (C=O) groups is 1. The summed E-state index contributed by atoms with van der Waals surface area (Å²) in [6.07, 6.45) is -0.125. The third-order valence-electron chi connectivity index (χ3n) is 4.82. The number of hydrogen-bond donors (Lipinski definition) is 1. The quantitative estimate of drug-likeness (QED) is 0.583. The normalized spacial score (nSPS) is 15.3. The fraction of sp³-hybridized carbons (Fsp3) is 0.273. The molecule has 8 heteroatoms. The lowest BCUT2D eigenvalue weighted by Gasteiger charge is -2.24. The SMILES string of the molecule is COc1ccccc1OCCNC(=O)c1cc2n(n1)C[C@H](c1ccc(Cl)cc1)OC2. The Morgan fingerprint density at radius 3 is 2.77 bits per heavy atom. The van der Waals surface area contributed by atoms with E-state index in [-0.39, 0.29) is 12.0 Å². The Morgan fingerprint density at radius 2 is 2.00 bits per heavy atom. The van der Waals surface area contributed by atoms with Gasteiger partial charge in [-0.1, -0.05) is 35.9 Å². The fourth-order valence-corrected chi connectivity index (χ4v) is 3.40. The van der Waals surface area contributed by atoms with Crippen LogP contribution in [-0.4, -0.2) is 35.9 Å². The molecule has 2 heterocycles. The summed E-state index contributed by atoms with van der Waals surface area (Å²) in [5, 5.41) is 7.96. The maximum absolute atomic E-state index is 12.5. The summed E-state index contributed by atoms with van der Waals surface area (Å²) in [5.74, 6) is 1.04. The van der Waals surface area contributed by atoms with Crippen molar-refractivity contribution < 1.29 is 19.0 Å². The van der Waals surface area contributed by atoms with Crippen LogP contribution >= 0.6 is 11.6 Å². The molecule has 0 bridgehead atoms. The van der Waals surface area contributed by atoms with E-state index in [1.165, 1.54) is 0 Å². The smallest absolute Gasteiger partial charge is 0.271 e. The van der Waals surface area contributed by atoms with Crippen LogP contribution in [0.25, 0.3) is 0 Å². The van der Waals surface area contributed by atoms with Crippen molar-refractivity contribution in [1.29, 1.82) is 0 Å². The van der Waals surface area contributed by atoms with E-state index in [1.54, 1.807) is 13.2 Å². The van der Waals surface area contributed by atoms with E-state index in [1.807, 2.05) is 53.2 Å². The lowest BCUT2D eigenvalue weighted by molar-refractivity contribution is -0.00119. The predicted octanol–water partition coefficient (Wildman–Crippen LogP) is 3.63. The van der Waals surface area contributed by atoms with Crippen molar-refractivity contribution in [3.8, 4) is 11.5 Å². The van der Waals surface area contributed by atoms with Crippen molar-refractivity contribution >= 4 is 17.5 Å². The van der Waals surface area contributed by atoms with Crippen LogP contribution < -0.4 is 14.8 Å². The van der Waals surface area contributed by atoms with Gasteiger partial charge in [0.25, 0.3) is 5.91 Å². The van der Waals surface area contributed by atoms with Crippen molar-refractivity contribution in [2.75, 3.05) is 20.3 Å². The van der Waals surface area contributed by atoms with Gasteiger partial charge >= 0.3 is 0 Å². The van der Waals surface area contributed by atoms with Gasteiger partial charge < -0.3 is 19.5 Å². The second-order valence-corrected chi connectivity index (χ2v) is 7.25. The van der Waals surface area contributed by atoms with Crippen molar-refractivity contribution in [1.82, 2.24) is 15.1 Å². The molecular weight excluding hydrogens is 406 g/mol. The van der Waals surface area contributed by atoms with Crippen molar-refractivity contribution in [2.24, 2.45) is 0 Å². The van der Waals surface area contributed by atoms with Crippen LogP contribution in [0, 0.1) is 0 Å². The van der Waals surface area contributed by atoms with Crippen LogP contribution in [0.4, 0.5) is 0 Å². The van der Waals surface area contributed by atoms with E-state index in [0.717, 1.165) is 11.3 Å². The van der Waals surface area contributed by atoms with Crippen molar-refractivity contribution in [3.63, 3.8) is 0 Å². The summed E-state index contributed by atoms with van der Waals surface area (Å²) in [5.41, 5.74) is 2.26. The van der Waals surface area contributed by atoms with E-state index in [4.69, 9.17) is 25.8 Å². The highest BCUT2D eigenvalue weighted by Gasteiger charge is 2.24. The summed E-state index contributed by atoms with van der Waals surface area (Å²) >= 11 is 5.95. The van der Waals surface area contributed by atoms with Gasteiger partial charge in [-0.2, -0.15) is 5.10 Å². The van der Waals surface area contributed by atoms with Gasteiger partial charge in [-0.3, -0.25) is 9.48 Å². The van der Waals surface area contributed by atoms with Gasteiger partial charge in [0.2, 0.25) is 0 Å². The van der Waals surface area contributed by atoms with Gasteiger partial charge in [0, 0.05) is 5.02 Å². The second-order valence-electron chi connectivity index (χ2n) is 6.81. The number of hydrogen-bond acceptors (Lipinski definition) is 5. The number of methoxy groups -OCH3 is 1. The number of nitrogens with zero attached hydrogens (tertiary/aromatic N) is 2. The number of amides is 1. The summed E-state index contributed by atoms with van der Waals surface area (Å²) in [4.78, 5) is 12.5. The van der Waals surface area contributed by atoms with Crippen molar-refractivity contribution in [3.05, 3.63) is 76.6 Å². The Balaban J connectivity index is 1.31. The van der Waals surface area contributed by atoms with Gasteiger partial charge in [0.05, 0.1) is 32.5 Å². The lowest BCUT2D eigenvalue weighted by Crippen LogP contribution is -2.28. The number of benzene rings is 2. The van der Waals surface area contributed by atoms with Crippen LogP contribution in [0.3, 0.4) is 0 Å². The first-order valence-corrected chi connectivity index (χ1v) is 9.99. The van der Waals surface area contributed by atoms with Crippen LogP contribution in [0.15, 0.2) is 54.6 Å². The Morgan fingerprint density at radius 1 is 1.23 bits per heavy atom. The lowest BCUT2D eigenvalue weighted by atomic mass is 10.1. The average Bonchev–Trinajstić information content (AvgIpc) is 3.21. The first kappa shape index (κ1) is 20.3. The molecule has 1 aliphatic rings. The van der Waals surface area contributed by atoms with Gasteiger partial charge in [-0.05, 0) is 35.9 Å². The summed E-state index contributed by atoms with van der Waals surface area (Å²) in [6.45, 7) is 1.61. The molecule has 0 saturated heterocycles. The second kappa shape index (κ2) is 9.19. The molecule has 1 aliphatic heterocycles. The van der Waals surface area contributed by atoms with Gasteiger partial charge in [-0.25, -0.2) is 0 Å². The minimum Gasteiger partial charge on any atom is -0.493 e. The third kappa shape index (κ3) is 4.58. The number of nitrogens with one attached hydrogen (secondary N) is 1. The first-order chi connectivity index (χ1) is 14.6. The molecule has 1 amide bonds. The molecule has 0 unspecified atom stereocenters. The average molecular weight is 428 g/mol. The Hall–Kier alpha value is -3.03. The topological polar surface area (TPSA) is 74.6 Å². The molecule has 1 aromatic heterocycles. The number of rotatable bonds is 7. The number of para-hydroxylation sites is 2. The maximum atomic E-state index is 12.5. The minimum atomic E-state index is -0.247. The minimum absolute atomic E-state index is 0.125. The van der Waals surface area contributed by atoms with E-state index < -0.39 is 0 Å². The van der Waals surface area contributed by atoms with Gasteiger partial charge in [-0.15, -0.1) is 0 Å². The maximum Gasteiger partial charge on any atom is 0.271 e. The Labute approximate surface area is 179 Å². The highest BCUT2D eigenvalue weighted by molar-refractivity contribution is 6.30. The third-order valence-corrected chi connectivity index (χ3v) is 5.08. The van der Waals surface area contributed by atoms with Crippen LogP contribution in [0.2, 0.25) is 5.02 Å². The van der Waals surface area contributed by atoms with Crippen LogP contribution in [0.1, 0.15) is 27.8 Å². The molecule has 7 nitrogen and oxygen atoms in total. The highest BCUT2D eigenvalue weighted by Crippen LogP contribution is 2.28. The van der Waals surface area contributed by atoms with E-state index in [0.29, 0.717) is 48.5 Å². The predicted molar refractivity (Wildman–Crippen MR) is 112 cm³/mol. The van der Waals surface area contributed by atoms with E-state index in [9.17, 15) is 4.79 Å². The molecule has 30 heavy (non-hydrogen) atoms. The number of ether oxygens (including phenoxy) is 3. The molecule has 0 saturated carbocycles. The molecular formula is C22H22ClN3O4. The standard InChI is InChI=1S/C22H22ClN3O4/c1-28-19-4-2-3-5-20(19)29-11-10-24-22(27)18-12-17-14-30-21(13-26(17)25-18)15-6-8-16(23)9-7-15/h2-9,12,21H,10-11,13-14H2,1H3,(H,24,27)/t21-/m1/s1. The van der Waals surface area contributed by atoms with E-state index >= 15 is 0 Å². The molecule has 0 spiro atoms. The number of fused-ring (bicyclic) bond motifs is 1. The molecule has 1 N–H and O–H groups in total. The molecule has 1 atom stereocenters. The molecule has 4 rings (SSSR count). The molecule has 156 valence electrons. The van der Waals surface area contributed by atoms with E-state index in [2.05, 4.69) is 10.4 Å². The highest BCUT2D eigenvalue weighted by atomic mass is 35.5. The van der Waals surface area contributed by atoms with Gasteiger partial charge in [0.1, 0.15) is 12.7 Å². The zero-order chi connectivity index (χ0) is 20.9. The number of aromatic nitrogens is 2. The molecule has 0 radical (unpaired) electrons. The number of halogens is 1.